The fourth-order valence-corrected chi connectivity index (χ4v) is 2.70. The van der Waals surface area contributed by atoms with E-state index in [0.717, 1.165) is 0 Å². The third-order valence-electron chi connectivity index (χ3n) is 3.87. The highest BCUT2D eigenvalue weighted by Crippen LogP contribution is 2.22. The van der Waals surface area contributed by atoms with E-state index in [1.54, 1.807) is 24.3 Å². The monoisotopic (exact) mass is 274 g/mol. The second-order valence-electron chi connectivity index (χ2n) is 5.48. The number of benzene rings is 1. The molecule has 1 N–H and O–H groups in total. The van der Waals surface area contributed by atoms with E-state index in [2.05, 4.69) is 18.0 Å². The van der Waals surface area contributed by atoms with Crippen LogP contribution in [0.4, 0.5) is 0 Å². The molecule has 1 atom stereocenters. The number of nitriles is 1. The molecule has 4 nitrogen and oxygen atoms in total. The first-order valence-electron chi connectivity index (χ1n) is 7.20. The predicted molar refractivity (Wildman–Crippen MR) is 77.5 cm³/mol. The summed E-state index contributed by atoms with van der Waals surface area (Å²) in [6, 6.07) is 9.62. The van der Waals surface area contributed by atoms with Crippen molar-refractivity contribution in [2.45, 2.75) is 37.8 Å². The topological polar surface area (TPSA) is 56.5 Å². The van der Waals surface area contributed by atoms with Crippen molar-refractivity contribution < 1.29 is 9.84 Å². The van der Waals surface area contributed by atoms with Gasteiger partial charge in [-0.15, -0.1) is 0 Å². The van der Waals surface area contributed by atoms with E-state index >= 15 is 0 Å². The molecule has 1 aromatic rings. The Labute approximate surface area is 120 Å². The summed E-state index contributed by atoms with van der Waals surface area (Å²) < 4.78 is 5.54. The van der Waals surface area contributed by atoms with Gasteiger partial charge in [0.2, 0.25) is 0 Å². The van der Waals surface area contributed by atoms with E-state index in [1.165, 1.54) is 25.7 Å². The number of rotatable bonds is 6. The molecule has 1 fully saturated rings. The molecule has 108 valence electrons. The van der Waals surface area contributed by atoms with Crippen molar-refractivity contribution in [2.75, 3.05) is 20.2 Å². The summed E-state index contributed by atoms with van der Waals surface area (Å²) in [6.45, 7) is 0.921. The van der Waals surface area contributed by atoms with Crippen LogP contribution in [0.15, 0.2) is 24.3 Å². The van der Waals surface area contributed by atoms with Crippen molar-refractivity contribution in [3.8, 4) is 11.8 Å². The maximum atomic E-state index is 10.0. The highest BCUT2D eigenvalue weighted by atomic mass is 16.5. The van der Waals surface area contributed by atoms with Gasteiger partial charge < -0.3 is 14.7 Å². The van der Waals surface area contributed by atoms with Crippen molar-refractivity contribution in [1.29, 1.82) is 5.26 Å². The zero-order valence-corrected chi connectivity index (χ0v) is 12.0. The molecule has 20 heavy (non-hydrogen) atoms. The van der Waals surface area contributed by atoms with Gasteiger partial charge in [-0.05, 0) is 44.2 Å². The largest absolute Gasteiger partial charge is 0.491 e. The number of likely N-dealkylation sites (N-methyl/N-ethyl adjacent to an activating group) is 1. The van der Waals surface area contributed by atoms with Gasteiger partial charge in [0.1, 0.15) is 18.5 Å². The lowest BCUT2D eigenvalue weighted by atomic mass is 10.2. The number of hydrogen-bond acceptors (Lipinski definition) is 4. The summed E-state index contributed by atoms with van der Waals surface area (Å²) in [7, 11) is 2.07. The smallest absolute Gasteiger partial charge is 0.119 e. The fraction of sp³-hybridized carbons (Fsp3) is 0.562. The number of nitrogens with zero attached hydrogens (tertiary/aromatic N) is 2. The normalized spacial score (nSPS) is 17.1. The van der Waals surface area contributed by atoms with Crippen molar-refractivity contribution in [3.05, 3.63) is 29.8 Å². The van der Waals surface area contributed by atoms with Crippen molar-refractivity contribution in [1.82, 2.24) is 4.90 Å². The van der Waals surface area contributed by atoms with E-state index in [9.17, 15) is 5.11 Å². The standard InChI is InChI=1S/C16H22N2O2/c1-18(14-4-2-3-5-14)11-15(19)12-20-16-8-6-13(10-17)7-9-16/h6-9,14-15,19H,2-5,11-12H2,1H3. The molecule has 0 bridgehead atoms. The zero-order chi connectivity index (χ0) is 14.4. The molecule has 0 aromatic heterocycles. The van der Waals surface area contributed by atoms with Gasteiger partial charge in [-0.25, -0.2) is 0 Å². The Bertz CT molecular complexity index is 447. The Morgan fingerprint density at radius 3 is 2.60 bits per heavy atom. The van der Waals surface area contributed by atoms with Gasteiger partial charge in [-0.1, -0.05) is 12.8 Å². The Morgan fingerprint density at radius 1 is 1.35 bits per heavy atom. The maximum Gasteiger partial charge on any atom is 0.119 e. The fourth-order valence-electron chi connectivity index (χ4n) is 2.70. The second-order valence-corrected chi connectivity index (χ2v) is 5.48. The van der Waals surface area contributed by atoms with E-state index in [-0.39, 0.29) is 6.61 Å². The molecule has 1 aliphatic rings. The molecule has 0 spiro atoms. The van der Waals surface area contributed by atoms with Crippen LogP contribution >= 0.6 is 0 Å². The molecule has 1 aliphatic carbocycles. The number of ether oxygens (including phenoxy) is 1. The molecular weight excluding hydrogens is 252 g/mol. The molecule has 0 amide bonds. The summed E-state index contributed by atoms with van der Waals surface area (Å²) in [5.74, 6) is 0.687. The highest BCUT2D eigenvalue weighted by molar-refractivity contribution is 5.34. The lowest BCUT2D eigenvalue weighted by Crippen LogP contribution is -2.38. The van der Waals surface area contributed by atoms with Crippen LogP contribution < -0.4 is 4.74 Å². The first-order valence-corrected chi connectivity index (χ1v) is 7.20. The Kier molecular flexibility index (Phi) is 5.40. The molecule has 2 rings (SSSR count). The molecule has 0 heterocycles. The first-order chi connectivity index (χ1) is 9.69. The Morgan fingerprint density at radius 2 is 2.00 bits per heavy atom. The quantitative estimate of drug-likeness (QED) is 0.863. The van der Waals surface area contributed by atoms with Crippen LogP contribution in [0, 0.1) is 11.3 Å². The van der Waals surface area contributed by atoms with E-state index in [4.69, 9.17) is 10.00 Å². The van der Waals surface area contributed by atoms with Gasteiger partial charge >= 0.3 is 0 Å². The van der Waals surface area contributed by atoms with Crippen molar-refractivity contribution >= 4 is 0 Å². The lowest BCUT2D eigenvalue weighted by Gasteiger charge is -2.26. The minimum atomic E-state index is -0.490. The van der Waals surface area contributed by atoms with Crippen LogP contribution in [0.1, 0.15) is 31.2 Å². The molecule has 0 aliphatic heterocycles. The van der Waals surface area contributed by atoms with Crippen LogP contribution in [0.3, 0.4) is 0 Å². The SMILES string of the molecule is CN(CC(O)COc1ccc(C#N)cc1)C1CCCC1. The molecule has 1 aromatic carbocycles. The highest BCUT2D eigenvalue weighted by Gasteiger charge is 2.21. The van der Waals surface area contributed by atoms with Gasteiger partial charge in [-0.3, -0.25) is 0 Å². The third kappa shape index (κ3) is 4.22. The molecule has 0 saturated heterocycles. The van der Waals surface area contributed by atoms with Crippen LogP contribution in [0.2, 0.25) is 0 Å². The third-order valence-corrected chi connectivity index (χ3v) is 3.87. The number of aliphatic hydroxyl groups excluding tert-OH is 1. The molecular formula is C16H22N2O2. The summed E-state index contributed by atoms with van der Waals surface area (Å²) in [5.41, 5.74) is 0.610. The molecule has 1 unspecified atom stereocenters. The van der Waals surface area contributed by atoms with Gasteiger partial charge in [0.15, 0.2) is 0 Å². The predicted octanol–water partition coefficient (Wildman–Crippen LogP) is 2.17. The summed E-state index contributed by atoms with van der Waals surface area (Å²) >= 11 is 0. The summed E-state index contributed by atoms with van der Waals surface area (Å²) in [6.07, 6.45) is 4.58. The zero-order valence-electron chi connectivity index (χ0n) is 12.0. The van der Waals surface area contributed by atoms with Gasteiger partial charge in [0.25, 0.3) is 0 Å². The molecule has 1 saturated carbocycles. The van der Waals surface area contributed by atoms with Crippen molar-refractivity contribution in [2.24, 2.45) is 0 Å². The summed E-state index contributed by atoms with van der Waals surface area (Å²) in [5, 5.41) is 18.7. The number of aliphatic hydroxyl groups is 1. The van der Waals surface area contributed by atoms with Crippen LogP contribution in [0.5, 0.6) is 5.75 Å². The van der Waals surface area contributed by atoms with E-state index in [1.807, 2.05) is 0 Å². The van der Waals surface area contributed by atoms with Crippen LogP contribution in [0.25, 0.3) is 0 Å². The average Bonchev–Trinajstić information content (AvgIpc) is 3.00. The summed E-state index contributed by atoms with van der Waals surface area (Å²) in [4.78, 5) is 2.24. The van der Waals surface area contributed by atoms with Gasteiger partial charge in [0, 0.05) is 12.6 Å². The Hall–Kier alpha value is -1.57. The molecule has 4 heteroatoms. The minimum absolute atomic E-state index is 0.281. The molecule has 0 radical (unpaired) electrons. The number of hydrogen-bond donors (Lipinski definition) is 1. The van der Waals surface area contributed by atoms with Gasteiger partial charge in [-0.2, -0.15) is 5.26 Å². The second kappa shape index (κ2) is 7.28. The average molecular weight is 274 g/mol. The maximum absolute atomic E-state index is 10.0. The first kappa shape index (κ1) is 14.8. The Balaban J connectivity index is 1.73. The van der Waals surface area contributed by atoms with Gasteiger partial charge in [0.05, 0.1) is 11.6 Å². The van der Waals surface area contributed by atoms with Crippen LogP contribution in [-0.2, 0) is 0 Å². The van der Waals surface area contributed by atoms with Crippen molar-refractivity contribution in [3.63, 3.8) is 0 Å². The van der Waals surface area contributed by atoms with E-state index in [0.29, 0.717) is 23.9 Å². The minimum Gasteiger partial charge on any atom is -0.491 e. The van der Waals surface area contributed by atoms with Crippen LogP contribution in [-0.4, -0.2) is 42.4 Å². The van der Waals surface area contributed by atoms with E-state index < -0.39 is 6.10 Å². The lowest BCUT2D eigenvalue weighted by molar-refractivity contribution is 0.0638.